The van der Waals surface area contributed by atoms with Gasteiger partial charge in [-0.05, 0) is 25.1 Å². The fraction of sp³-hybridized carbons (Fsp3) is 0.333. The predicted molar refractivity (Wildman–Crippen MR) is 81.1 cm³/mol. The number of carbonyl (C=O) groups excluding carboxylic acids is 1. The summed E-state index contributed by atoms with van der Waals surface area (Å²) in [6.07, 6.45) is 0. The Hall–Kier alpha value is -1.85. The minimum atomic E-state index is -0.555. The Morgan fingerprint density at radius 3 is 2.76 bits per heavy atom. The first-order chi connectivity index (χ1) is 10.1. The number of carbonyl (C=O) groups is 1. The van der Waals surface area contributed by atoms with Crippen LogP contribution in [0.25, 0.3) is 10.9 Å². The highest BCUT2D eigenvalue weighted by Crippen LogP contribution is 2.18. The topological polar surface area (TPSA) is 57.5 Å². The molecule has 1 aromatic carbocycles. The second-order valence-corrected chi connectivity index (χ2v) is 4.83. The second-order valence-electron chi connectivity index (χ2n) is 4.40. The summed E-state index contributed by atoms with van der Waals surface area (Å²) < 4.78 is 11.8. The van der Waals surface area contributed by atoms with E-state index in [0.717, 1.165) is 0 Å². The van der Waals surface area contributed by atoms with Crippen molar-refractivity contribution in [2.24, 2.45) is 0 Å². The Morgan fingerprint density at radius 2 is 2.10 bits per heavy atom. The number of esters is 1. The molecule has 21 heavy (non-hydrogen) atoms. The lowest BCUT2D eigenvalue weighted by molar-refractivity contribution is 0.0584. The summed E-state index contributed by atoms with van der Waals surface area (Å²) in [4.78, 5) is 24.0. The zero-order valence-electron chi connectivity index (χ0n) is 11.9. The normalized spacial score (nSPS) is 10.8. The van der Waals surface area contributed by atoms with Crippen molar-refractivity contribution >= 4 is 28.5 Å². The Labute approximate surface area is 127 Å². The van der Waals surface area contributed by atoms with Crippen molar-refractivity contribution in [1.82, 2.24) is 4.57 Å². The first kappa shape index (κ1) is 15.5. The van der Waals surface area contributed by atoms with E-state index in [0.29, 0.717) is 35.7 Å². The van der Waals surface area contributed by atoms with Crippen molar-refractivity contribution in [3.63, 3.8) is 0 Å². The van der Waals surface area contributed by atoms with Crippen molar-refractivity contribution in [1.29, 1.82) is 0 Å². The smallest absolute Gasteiger partial charge is 0.354 e. The zero-order chi connectivity index (χ0) is 15.4. The van der Waals surface area contributed by atoms with Gasteiger partial charge >= 0.3 is 5.97 Å². The molecule has 0 saturated heterocycles. The molecule has 1 aromatic heterocycles. The summed E-state index contributed by atoms with van der Waals surface area (Å²) in [7, 11) is 1.28. The van der Waals surface area contributed by atoms with Crippen LogP contribution in [-0.2, 0) is 16.0 Å². The van der Waals surface area contributed by atoms with Gasteiger partial charge in [0.05, 0.1) is 19.2 Å². The number of fused-ring (bicyclic) bond motifs is 1. The molecule has 0 aliphatic rings. The van der Waals surface area contributed by atoms with E-state index < -0.39 is 5.97 Å². The molecular formula is C15H16ClNO4. The van der Waals surface area contributed by atoms with E-state index >= 15 is 0 Å². The van der Waals surface area contributed by atoms with Crippen LogP contribution in [0, 0.1) is 0 Å². The molecule has 112 valence electrons. The largest absolute Gasteiger partial charge is 0.464 e. The van der Waals surface area contributed by atoms with Crippen LogP contribution in [0.15, 0.2) is 29.1 Å². The fourth-order valence-electron chi connectivity index (χ4n) is 2.17. The molecule has 0 aliphatic carbocycles. The maximum atomic E-state index is 12.1. The molecule has 0 atom stereocenters. The molecule has 0 fully saturated rings. The second kappa shape index (κ2) is 6.74. The lowest BCUT2D eigenvalue weighted by atomic mass is 10.1. The molecule has 5 nitrogen and oxygen atoms in total. The molecule has 0 radical (unpaired) electrons. The maximum Gasteiger partial charge on any atom is 0.354 e. The molecule has 2 aromatic rings. The average molecular weight is 310 g/mol. The van der Waals surface area contributed by atoms with E-state index in [4.69, 9.17) is 21.1 Å². The minimum absolute atomic E-state index is 0.206. The molecule has 0 aliphatic heterocycles. The molecule has 0 amide bonds. The van der Waals surface area contributed by atoms with Crippen molar-refractivity contribution in [3.05, 3.63) is 45.2 Å². The number of halogens is 1. The number of aromatic nitrogens is 1. The minimum Gasteiger partial charge on any atom is -0.464 e. The summed E-state index contributed by atoms with van der Waals surface area (Å²) in [6, 6.07) is 6.27. The van der Waals surface area contributed by atoms with Crippen LogP contribution in [0.5, 0.6) is 0 Å². The number of ether oxygens (including phenoxy) is 2. The van der Waals surface area contributed by atoms with Gasteiger partial charge in [-0.3, -0.25) is 4.79 Å². The van der Waals surface area contributed by atoms with E-state index in [-0.39, 0.29) is 11.1 Å². The number of nitrogens with zero attached hydrogens (tertiary/aromatic N) is 1. The Kier molecular flexibility index (Phi) is 4.98. The number of methoxy groups -OCH3 is 1. The van der Waals surface area contributed by atoms with Gasteiger partial charge in [0, 0.05) is 29.6 Å². The molecular weight excluding hydrogens is 294 g/mol. The van der Waals surface area contributed by atoms with Crippen molar-refractivity contribution < 1.29 is 14.3 Å². The van der Waals surface area contributed by atoms with E-state index in [1.807, 2.05) is 6.92 Å². The summed E-state index contributed by atoms with van der Waals surface area (Å²) in [5, 5.41) is 0.938. The molecule has 0 N–H and O–H groups in total. The van der Waals surface area contributed by atoms with Gasteiger partial charge in [-0.25, -0.2) is 4.79 Å². The number of pyridine rings is 1. The predicted octanol–water partition coefficient (Wildman–Crippen LogP) is 2.48. The number of hydrogen-bond donors (Lipinski definition) is 0. The van der Waals surface area contributed by atoms with Crippen LogP contribution >= 0.6 is 11.6 Å². The van der Waals surface area contributed by atoms with Gasteiger partial charge in [-0.15, -0.1) is 0 Å². The maximum absolute atomic E-state index is 12.1. The first-order valence-corrected chi connectivity index (χ1v) is 6.95. The van der Waals surface area contributed by atoms with Gasteiger partial charge < -0.3 is 14.0 Å². The van der Waals surface area contributed by atoms with Gasteiger partial charge in [-0.2, -0.15) is 0 Å². The van der Waals surface area contributed by atoms with Crippen molar-refractivity contribution in [3.8, 4) is 0 Å². The fourth-order valence-corrected chi connectivity index (χ4v) is 2.34. The van der Waals surface area contributed by atoms with Crippen LogP contribution in [0.1, 0.15) is 17.4 Å². The summed E-state index contributed by atoms with van der Waals surface area (Å²) in [5.41, 5.74) is 0.574. The highest BCUT2D eigenvalue weighted by atomic mass is 35.5. The number of hydrogen-bond acceptors (Lipinski definition) is 4. The van der Waals surface area contributed by atoms with Crippen LogP contribution in [0.2, 0.25) is 5.02 Å². The lowest BCUT2D eigenvalue weighted by Crippen LogP contribution is -2.21. The van der Waals surface area contributed by atoms with E-state index in [2.05, 4.69) is 0 Å². The van der Waals surface area contributed by atoms with E-state index in [9.17, 15) is 9.59 Å². The van der Waals surface area contributed by atoms with Crippen LogP contribution in [-0.4, -0.2) is 30.9 Å². The molecule has 0 bridgehead atoms. The van der Waals surface area contributed by atoms with Crippen molar-refractivity contribution in [2.45, 2.75) is 13.5 Å². The van der Waals surface area contributed by atoms with Crippen molar-refractivity contribution in [2.75, 3.05) is 20.3 Å². The molecule has 2 rings (SSSR count). The van der Waals surface area contributed by atoms with E-state index in [1.54, 1.807) is 22.8 Å². The van der Waals surface area contributed by atoms with Crippen LogP contribution < -0.4 is 5.43 Å². The standard InChI is InChI=1S/C15H16ClNO4/c1-3-21-7-6-17-12-5-4-10(16)8-11(12)14(18)9-13(17)15(19)20-2/h4-5,8-9H,3,6-7H2,1-2H3. The molecule has 0 unspecified atom stereocenters. The Bertz CT molecular complexity index is 723. The van der Waals surface area contributed by atoms with Gasteiger partial charge in [-0.1, -0.05) is 11.6 Å². The van der Waals surface area contributed by atoms with Gasteiger partial charge in [0.2, 0.25) is 0 Å². The average Bonchev–Trinajstić information content (AvgIpc) is 2.48. The highest BCUT2D eigenvalue weighted by Gasteiger charge is 2.16. The number of rotatable bonds is 5. The van der Waals surface area contributed by atoms with Gasteiger partial charge in [0.25, 0.3) is 0 Å². The number of benzene rings is 1. The van der Waals surface area contributed by atoms with Gasteiger partial charge in [0.15, 0.2) is 5.43 Å². The lowest BCUT2D eigenvalue weighted by Gasteiger charge is -2.15. The molecule has 0 spiro atoms. The van der Waals surface area contributed by atoms with E-state index in [1.165, 1.54) is 13.2 Å². The highest BCUT2D eigenvalue weighted by molar-refractivity contribution is 6.31. The Morgan fingerprint density at radius 1 is 1.33 bits per heavy atom. The SMILES string of the molecule is CCOCCn1c(C(=O)OC)cc(=O)c2cc(Cl)ccc21. The van der Waals surface area contributed by atoms with Crippen LogP contribution in [0.3, 0.4) is 0 Å². The van der Waals surface area contributed by atoms with Gasteiger partial charge in [0.1, 0.15) is 5.69 Å². The third-order valence-electron chi connectivity index (χ3n) is 3.13. The zero-order valence-corrected chi connectivity index (χ0v) is 12.6. The Balaban J connectivity index is 2.65. The summed E-state index contributed by atoms with van der Waals surface area (Å²) in [5.74, 6) is -0.555. The summed E-state index contributed by atoms with van der Waals surface area (Å²) >= 11 is 5.93. The quantitative estimate of drug-likeness (QED) is 0.629. The monoisotopic (exact) mass is 309 g/mol. The first-order valence-electron chi connectivity index (χ1n) is 6.57. The summed E-state index contributed by atoms with van der Waals surface area (Å²) in [6.45, 7) is 3.35. The molecule has 6 heteroatoms. The third-order valence-corrected chi connectivity index (χ3v) is 3.37. The van der Waals surface area contributed by atoms with Crippen LogP contribution in [0.4, 0.5) is 0 Å². The third kappa shape index (κ3) is 3.25. The molecule has 1 heterocycles. The molecule has 0 saturated carbocycles.